The van der Waals surface area contributed by atoms with E-state index in [1.807, 2.05) is 34.9 Å². The van der Waals surface area contributed by atoms with Crippen molar-refractivity contribution in [3.05, 3.63) is 70.1 Å². The van der Waals surface area contributed by atoms with Gasteiger partial charge in [-0.15, -0.1) is 10.2 Å². The number of halogens is 1. The molecule has 36 heavy (non-hydrogen) atoms. The molecule has 2 aromatic heterocycles. The summed E-state index contributed by atoms with van der Waals surface area (Å²) in [6.07, 6.45) is 7.13. The molecule has 0 radical (unpaired) electrons. The van der Waals surface area contributed by atoms with Crippen LogP contribution in [-0.4, -0.2) is 41.3 Å². The van der Waals surface area contributed by atoms with E-state index in [0.717, 1.165) is 62.9 Å². The van der Waals surface area contributed by atoms with Gasteiger partial charge in [0, 0.05) is 27.6 Å². The Labute approximate surface area is 216 Å². The minimum atomic E-state index is -0.986. The number of aromatic amines is 1. The minimum absolute atomic E-state index is 0.213. The van der Waals surface area contributed by atoms with Gasteiger partial charge >= 0.3 is 5.97 Å². The van der Waals surface area contributed by atoms with Crippen LogP contribution in [0.4, 0.5) is 0 Å². The van der Waals surface area contributed by atoms with Gasteiger partial charge in [0.05, 0.1) is 24.8 Å². The first-order valence-corrected chi connectivity index (χ1v) is 12.6. The Hall–Kier alpha value is -3.79. The van der Waals surface area contributed by atoms with Gasteiger partial charge in [-0.05, 0) is 57.2 Å². The molecule has 0 saturated heterocycles. The highest BCUT2D eigenvalue weighted by Gasteiger charge is 2.28. The third-order valence-electron chi connectivity index (χ3n) is 6.40. The quantitative estimate of drug-likeness (QED) is 0.217. The number of carbonyl (C=O) groups is 1. The highest BCUT2D eigenvalue weighted by Crippen LogP contribution is 2.48. The van der Waals surface area contributed by atoms with Crippen molar-refractivity contribution in [2.24, 2.45) is 0 Å². The predicted molar refractivity (Wildman–Crippen MR) is 138 cm³/mol. The highest BCUT2D eigenvalue weighted by molar-refractivity contribution is 9.10. The lowest BCUT2D eigenvalue weighted by Gasteiger charge is -2.15. The molecule has 0 unspecified atom stereocenters. The van der Waals surface area contributed by atoms with Crippen molar-refractivity contribution < 1.29 is 14.3 Å². The molecule has 1 aromatic carbocycles. The topological polar surface area (TPSA) is 123 Å². The van der Waals surface area contributed by atoms with Gasteiger partial charge in [0.2, 0.25) is 5.82 Å². The Morgan fingerprint density at radius 2 is 1.94 bits per heavy atom. The van der Waals surface area contributed by atoms with Gasteiger partial charge in [0.1, 0.15) is 5.82 Å². The number of hydrogen-bond donors (Lipinski definition) is 2. The Morgan fingerprint density at radius 1 is 1.14 bits per heavy atom. The Bertz CT molecular complexity index is 1490. The van der Waals surface area contributed by atoms with Crippen molar-refractivity contribution in [3.8, 4) is 33.6 Å². The summed E-state index contributed by atoms with van der Waals surface area (Å²) in [4.78, 5) is 17.0. The zero-order chi connectivity index (χ0) is 25.2. The summed E-state index contributed by atoms with van der Waals surface area (Å²) in [6.45, 7) is 4.24. The van der Waals surface area contributed by atoms with Crippen LogP contribution < -0.4 is 0 Å². The number of aryl methyl sites for hydroxylation is 2. The average Bonchev–Trinajstić information content (AvgIpc) is 3.58. The summed E-state index contributed by atoms with van der Waals surface area (Å²) >= 11 is 3.81. The number of unbranched alkanes of at least 4 members (excludes halogenated alkanes) is 2. The van der Waals surface area contributed by atoms with Crippen LogP contribution >= 0.6 is 15.9 Å². The van der Waals surface area contributed by atoms with Crippen molar-refractivity contribution in [1.29, 1.82) is 0 Å². The van der Waals surface area contributed by atoms with E-state index in [0.29, 0.717) is 24.5 Å². The third kappa shape index (κ3) is 4.21. The van der Waals surface area contributed by atoms with Crippen molar-refractivity contribution in [1.82, 2.24) is 30.2 Å². The maximum Gasteiger partial charge on any atom is 0.354 e. The first-order valence-electron chi connectivity index (χ1n) is 11.8. The van der Waals surface area contributed by atoms with Gasteiger partial charge < -0.3 is 14.1 Å². The number of hydrogen-bond acceptors (Lipinski definition) is 6. The Morgan fingerprint density at radius 3 is 2.67 bits per heavy atom. The molecule has 1 aliphatic carbocycles. The van der Waals surface area contributed by atoms with Crippen LogP contribution in [0, 0.1) is 6.92 Å². The molecule has 2 aliphatic rings. The van der Waals surface area contributed by atoms with E-state index in [2.05, 4.69) is 48.5 Å². The summed E-state index contributed by atoms with van der Waals surface area (Å²) in [5.74, 6) is 0.269. The lowest BCUT2D eigenvalue weighted by molar-refractivity contribution is 0.0684. The van der Waals surface area contributed by atoms with Crippen LogP contribution in [0.1, 0.15) is 53.8 Å². The van der Waals surface area contributed by atoms with Crippen molar-refractivity contribution in [2.45, 2.75) is 46.1 Å². The van der Waals surface area contributed by atoms with Gasteiger partial charge in [-0.3, -0.25) is 0 Å². The number of aromatic nitrogens is 6. The molecule has 3 aromatic rings. The van der Waals surface area contributed by atoms with Crippen molar-refractivity contribution >= 4 is 21.9 Å². The molecule has 0 saturated carbocycles. The largest absolute Gasteiger partial charge is 0.477 e. The highest BCUT2D eigenvalue weighted by atomic mass is 79.9. The molecule has 0 amide bonds. The smallest absolute Gasteiger partial charge is 0.354 e. The predicted octanol–water partition coefficient (Wildman–Crippen LogP) is 5.98. The molecule has 2 N–H and O–H groups in total. The van der Waals surface area contributed by atoms with Gasteiger partial charge in [0.25, 0.3) is 0 Å². The van der Waals surface area contributed by atoms with Gasteiger partial charge in [-0.25, -0.2) is 9.78 Å². The van der Waals surface area contributed by atoms with Crippen LogP contribution in [0.2, 0.25) is 0 Å². The Balaban J connectivity index is 1.73. The molecule has 0 atom stereocenters. The second kappa shape index (κ2) is 10.1. The fourth-order valence-corrected chi connectivity index (χ4v) is 5.53. The Kier molecular flexibility index (Phi) is 6.69. The maximum absolute atomic E-state index is 12.3. The third-order valence-corrected chi connectivity index (χ3v) is 7.22. The molecular formula is C26H25BrN6O3. The molecule has 9 nitrogen and oxygen atoms in total. The van der Waals surface area contributed by atoms with Crippen molar-refractivity contribution in [2.75, 3.05) is 0 Å². The monoisotopic (exact) mass is 548 g/mol. The summed E-state index contributed by atoms with van der Waals surface area (Å²) < 4.78 is 8.20. The number of nitrogens with zero attached hydrogens (tertiary/aromatic N) is 5. The lowest BCUT2D eigenvalue weighted by atomic mass is 9.97. The number of H-pyrrole nitrogens is 1. The normalized spacial score (nSPS) is 11.4. The van der Waals surface area contributed by atoms with Gasteiger partial charge in [-0.2, -0.15) is 5.21 Å². The number of nitrogens with one attached hydrogen (secondary N) is 1. The number of rotatable bonds is 9. The SMILES string of the molecule is CCCCCc1nc(C)c(C(=O)O)n1Cc1c2ccocc-2c(Br)c1-c1ccccc1-c1nn[nH]n1. The lowest BCUT2D eigenvalue weighted by Crippen LogP contribution is -2.14. The first kappa shape index (κ1) is 23.9. The first-order chi connectivity index (χ1) is 17.5. The number of tetrazole rings is 1. The molecular weight excluding hydrogens is 524 g/mol. The zero-order valence-electron chi connectivity index (χ0n) is 20.0. The standard InChI is InChI=1S/C26H25BrN6O3/c1-3-4-5-10-21-28-15(2)24(26(34)35)33(21)13-19-16-11-12-36-14-20(16)23(27)22(19)17-8-6-7-9-18(17)25-29-31-32-30-25/h6-9,11-12,14H,3-5,10,13H2,1-2H3,(H,34,35)(H,29,30,31,32). The fraction of sp³-hybridized carbons (Fsp3) is 0.269. The molecule has 0 bridgehead atoms. The fourth-order valence-electron chi connectivity index (χ4n) is 4.77. The van der Waals surface area contributed by atoms with E-state index in [1.54, 1.807) is 19.5 Å². The molecule has 3 heterocycles. The van der Waals surface area contributed by atoms with E-state index in [4.69, 9.17) is 4.42 Å². The molecule has 10 heteroatoms. The second-order valence-corrected chi connectivity index (χ2v) is 9.44. The van der Waals surface area contributed by atoms with Crippen LogP contribution in [-0.2, 0) is 13.0 Å². The minimum Gasteiger partial charge on any atom is -0.477 e. The number of carboxylic acids is 1. The van der Waals surface area contributed by atoms with E-state index in [-0.39, 0.29) is 5.69 Å². The number of imidazole rings is 1. The van der Waals surface area contributed by atoms with E-state index in [9.17, 15) is 9.90 Å². The van der Waals surface area contributed by atoms with Crippen LogP contribution in [0.3, 0.4) is 0 Å². The van der Waals surface area contributed by atoms with Crippen LogP contribution in [0.15, 0.2) is 51.7 Å². The summed E-state index contributed by atoms with van der Waals surface area (Å²) in [5.41, 5.74) is 6.19. The average molecular weight is 549 g/mol. The second-order valence-electron chi connectivity index (χ2n) is 8.64. The van der Waals surface area contributed by atoms with E-state index < -0.39 is 5.97 Å². The van der Waals surface area contributed by atoms with Crippen LogP contribution in [0.25, 0.3) is 33.6 Å². The molecule has 0 spiro atoms. The molecule has 0 fully saturated rings. The molecule has 5 rings (SSSR count). The van der Waals surface area contributed by atoms with Crippen molar-refractivity contribution in [3.63, 3.8) is 0 Å². The summed E-state index contributed by atoms with van der Waals surface area (Å²) in [7, 11) is 0. The number of fused-ring (bicyclic) bond motifs is 1. The summed E-state index contributed by atoms with van der Waals surface area (Å²) in [6, 6.07) is 9.74. The number of aromatic carboxylic acids is 1. The number of carboxylic acid groups (broad SMARTS) is 1. The zero-order valence-corrected chi connectivity index (χ0v) is 21.5. The summed E-state index contributed by atoms with van der Waals surface area (Å²) in [5, 5.41) is 24.7. The van der Waals surface area contributed by atoms with Gasteiger partial charge in [0.15, 0.2) is 5.69 Å². The number of benzene rings is 1. The van der Waals surface area contributed by atoms with Gasteiger partial charge in [-0.1, -0.05) is 44.0 Å². The maximum atomic E-state index is 12.3. The molecule has 1 aliphatic heterocycles. The molecule has 184 valence electrons. The van der Waals surface area contributed by atoms with E-state index >= 15 is 0 Å². The van der Waals surface area contributed by atoms with Crippen LogP contribution in [0.5, 0.6) is 0 Å². The van der Waals surface area contributed by atoms with E-state index in [1.165, 1.54) is 0 Å².